The minimum Gasteiger partial charge on any atom is -0.326 e. The van der Waals surface area contributed by atoms with Crippen LogP contribution in [-0.4, -0.2) is 9.78 Å². The summed E-state index contributed by atoms with van der Waals surface area (Å²) in [5, 5.41) is 3.90. The van der Waals surface area contributed by atoms with Crippen molar-refractivity contribution in [2.24, 2.45) is 5.73 Å². The zero-order chi connectivity index (χ0) is 13.3. The third-order valence-electron chi connectivity index (χ3n) is 2.70. The van der Waals surface area contributed by atoms with Crippen LogP contribution in [0, 0.1) is 12.7 Å². The number of aromatic nitrogens is 2. The molecule has 1 aromatic heterocycles. The highest BCUT2D eigenvalue weighted by molar-refractivity contribution is 5.42. The minimum atomic E-state index is -2.68. The number of hydrogen-bond donors (Lipinski definition) is 1. The Morgan fingerprint density at radius 1 is 1.39 bits per heavy atom. The summed E-state index contributed by atoms with van der Waals surface area (Å²) in [5.74, 6) is -0.416. The molecule has 0 bridgehead atoms. The van der Waals surface area contributed by atoms with E-state index in [2.05, 4.69) is 5.10 Å². The molecule has 0 unspecified atom stereocenters. The number of rotatable bonds is 3. The first-order valence-corrected chi connectivity index (χ1v) is 5.36. The van der Waals surface area contributed by atoms with Gasteiger partial charge in [-0.05, 0) is 30.7 Å². The Kier molecular flexibility index (Phi) is 3.38. The molecule has 1 heterocycles. The van der Waals surface area contributed by atoms with Crippen LogP contribution in [-0.2, 0) is 6.54 Å². The first-order chi connectivity index (χ1) is 8.54. The van der Waals surface area contributed by atoms with E-state index in [1.165, 1.54) is 24.4 Å². The molecular formula is C12H12F3N3. The number of alkyl halides is 2. The van der Waals surface area contributed by atoms with Crippen LogP contribution in [0.25, 0.3) is 5.69 Å². The van der Waals surface area contributed by atoms with Gasteiger partial charge >= 0.3 is 0 Å². The van der Waals surface area contributed by atoms with Crippen molar-refractivity contribution in [2.75, 3.05) is 0 Å². The zero-order valence-electron chi connectivity index (χ0n) is 9.70. The van der Waals surface area contributed by atoms with E-state index in [1.54, 1.807) is 6.92 Å². The molecule has 0 spiro atoms. The minimum absolute atomic E-state index is 0.0140. The van der Waals surface area contributed by atoms with Crippen LogP contribution in [0.4, 0.5) is 13.2 Å². The van der Waals surface area contributed by atoms with Gasteiger partial charge in [-0.1, -0.05) is 0 Å². The Bertz CT molecular complexity index is 564. The quantitative estimate of drug-likeness (QED) is 0.916. The predicted octanol–water partition coefficient (Wildman–Crippen LogP) is 2.72. The lowest BCUT2D eigenvalue weighted by atomic mass is 10.2. The van der Waals surface area contributed by atoms with Gasteiger partial charge in [0.2, 0.25) is 0 Å². The summed E-state index contributed by atoms with van der Waals surface area (Å²) in [6.45, 7) is 1.62. The maximum Gasteiger partial charge on any atom is 0.280 e. The van der Waals surface area contributed by atoms with Crippen molar-refractivity contribution in [3.05, 3.63) is 47.0 Å². The fourth-order valence-electron chi connectivity index (χ4n) is 1.83. The van der Waals surface area contributed by atoms with E-state index in [-0.39, 0.29) is 17.8 Å². The van der Waals surface area contributed by atoms with Crippen LogP contribution in [0.1, 0.15) is 23.2 Å². The molecular weight excluding hydrogens is 243 g/mol. The van der Waals surface area contributed by atoms with Crippen LogP contribution < -0.4 is 5.73 Å². The van der Waals surface area contributed by atoms with Crippen molar-refractivity contribution < 1.29 is 13.2 Å². The maximum atomic E-state index is 13.0. The summed E-state index contributed by atoms with van der Waals surface area (Å²) in [4.78, 5) is 0. The summed E-state index contributed by atoms with van der Waals surface area (Å²) >= 11 is 0. The molecule has 3 nitrogen and oxygen atoms in total. The van der Waals surface area contributed by atoms with E-state index in [1.807, 2.05) is 0 Å². The van der Waals surface area contributed by atoms with Crippen molar-refractivity contribution in [3.63, 3.8) is 0 Å². The lowest BCUT2D eigenvalue weighted by Crippen LogP contribution is -2.08. The molecule has 0 aliphatic heterocycles. The van der Waals surface area contributed by atoms with Gasteiger partial charge in [0, 0.05) is 12.1 Å². The van der Waals surface area contributed by atoms with Crippen LogP contribution in [0.2, 0.25) is 0 Å². The van der Waals surface area contributed by atoms with Crippen LogP contribution >= 0.6 is 0 Å². The van der Waals surface area contributed by atoms with Crippen molar-refractivity contribution in [1.29, 1.82) is 0 Å². The SMILES string of the molecule is Cc1cc(F)ccc1-n1ncc(CN)c1C(F)F. The van der Waals surface area contributed by atoms with Crippen molar-refractivity contribution in [3.8, 4) is 5.69 Å². The zero-order valence-corrected chi connectivity index (χ0v) is 9.70. The molecule has 0 amide bonds. The maximum absolute atomic E-state index is 13.0. The molecule has 2 aromatic rings. The van der Waals surface area contributed by atoms with Crippen molar-refractivity contribution >= 4 is 0 Å². The lowest BCUT2D eigenvalue weighted by Gasteiger charge is -2.11. The molecule has 6 heteroatoms. The first-order valence-electron chi connectivity index (χ1n) is 5.36. The molecule has 0 radical (unpaired) electrons. The summed E-state index contributed by atoms with van der Waals surface area (Å²) in [6, 6.07) is 3.90. The summed E-state index contributed by atoms with van der Waals surface area (Å²) in [7, 11) is 0. The highest BCUT2D eigenvalue weighted by Gasteiger charge is 2.20. The van der Waals surface area contributed by atoms with Gasteiger partial charge in [0.15, 0.2) is 0 Å². The fourth-order valence-corrected chi connectivity index (χ4v) is 1.83. The lowest BCUT2D eigenvalue weighted by molar-refractivity contribution is 0.141. The molecule has 96 valence electrons. The van der Waals surface area contributed by atoms with E-state index < -0.39 is 12.2 Å². The fraction of sp³-hybridized carbons (Fsp3) is 0.250. The number of hydrogen-bond acceptors (Lipinski definition) is 2. The van der Waals surface area contributed by atoms with E-state index in [9.17, 15) is 13.2 Å². The van der Waals surface area contributed by atoms with Gasteiger partial charge in [0.25, 0.3) is 6.43 Å². The standard InChI is InChI=1S/C12H12F3N3/c1-7-4-9(13)2-3-10(7)18-11(12(14)15)8(5-16)6-17-18/h2-4,6,12H,5,16H2,1H3. The number of aryl methyl sites for hydroxylation is 1. The normalized spacial score (nSPS) is 11.2. The number of halogens is 3. The van der Waals surface area contributed by atoms with E-state index in [0.717, 1.165) is 4.68 Å². The Morgan fingerprint density at radius 3 is 2.67 bits per heavy atom. The number of benzene rings is 1. The van der Waals surface area contributed by atoms with Gasteiger partial charge < -0.3 is 5.73 Å². The molecule has 0 aliphatic carbocycles. The average Bonchev–Trinajstić information content (AvgIpc) is 2.72. The summed E-state index contributed by atoms with van der Waals surface area (Å²) in [6.07, 6.45) is -1.37. The molecule has 0 saturated carbocycles. The second-order valence-corrected chi connectivity index (χ2v) is 3.90. The summed E-state index contributed by atoms with van der Waals surface area (Å²) in [5.41, 5.74) is 6.39. The van der Waals surface area contributed by atoms with Crippen LogP contribution in [0.3, 0.4) is 0 Å². The van der Waals surface area contributed by atoms with Gasteiger partial charge in [-0.25, -0.2) is 17.9 Å². The topological polar surface area (TPSA) is 43.8 Å². The Labute approximate surface area is 102 Å². The van der Waals surface area contributed by atoms with Gasteiger partial charge in [-0.3, -0.25) is 0 Å². The third kappa shape index (κ3) is 2.11. The van der Waals surface area contributed by atoms with Crippen molar-refractivity contribution in [1.82, 2.24) is 9.78 Å². The van der Waals surface area contributed by atoms with Gasteiger partial charge in [0.05, 0.1) is 11.9 Å². The third-order valence-corrected chi connectivity index (χ3v) is 2.70. The monoisotopic (exact) mass is 255 g/mol. The smallest absolute Gasteiger partial charge is 0.280 e. The predicted molar refractivity (Wildman–Crippen MR) is 61.1 cm³/mol. The second kappa shape index (κ2) is 4.81. The van der Waals surface area contributed by atoms with E-state index >= 15 is 0 Å². The Morgan fingerprint density at radius 2 is 2.11 bits per heavy atom. The van der Waals surface area contributed by atoms with Gasteiger partial charge in [-0.15, -0.1) is 0 Å². The molecule has 2 rings (SSSR count). The molecule has 0 fully saturated rings. The second-order valence-electron chi connectivity index (χ2n) is 3.90. The Balaban J connectivity index is 2.60. The van der Waals surface area contributed by atoms with Gasteiger partial charge in [-0.2, -0.15) is 5.10 Å². The first kappa shape index (κ1) is 12.6. The highest BCUT2D eigenvalue weighted by Crippen LogP contribution is 2.27. The largest absolute Gasteiger partial charge is 0.326 e. The van der Waals surface area contributed by atoms with E-state index in [4.69, 9.17) is 5.73 Å². The summed E-state index contributed by atoms with van der Waals surface area (Å²) < 4.78 is 40.1. The number of nitrogens with two attached hydrogens (primary N) is 1. The van der Waals surface area contributed by atoms with Crippen molar-refractivity contribution in [2.45, 2.75) is 19.9 Å². The van der Waals surface area contributed by atoms with Crippen LogP contribution in [0.5, 0.6) is 0 Å². The molecule has 18 heavy (non-hydrogen) atoms. The molecule has 0 atom stereocenters. The molecule has 0 aliphatic rings. The molecule has 2 N–H and O–H groups in total. The number of nitrogens with zero attached hydrogens (tertiary/aromatic N) is 2. The highest BCUT2D eigenvalue weighted by atomic mass is 19.3. The van der Waals surface area contributed by atoms with Gasteiger partial charge in [0.1, 0.15) is 11.5 Å². The van der Waals surface area contributed by atoms with Crippen LogP contribution in [0.15, 0.2) is 24.4 Å². The van der Waals surface area contributed by atoms with E-state index in [0.29, 0.717) is 11.3 Å². The Hall–Kier alpha value is -1.82. The molecule has 1 aromatic carbocycles. The average molecular weight is 255 g/mol. The molecule has 0 saturated heterocycles.